The Labute approximate surface area is 54.5 Å². The van der Waals surface area contributed by atoms with Crippen LogP contribution >= 0.6 is 0 Å². The van der Waals surface area contributed by atoms with Crippen molar-refractivity contribution >= 4 is 0 Å². The molecule has 0 aromatic heterocycles. The maximum atomic E-state index is 4.90. The number of hydrogen-bond acceptors (Lipinski definition) is 2. The Hall–Kier alpha value is 0.729. The van der Waals surface area contributed by atoms with Crippen molar-refractivity contribution in [2.45, 2.75) is 0 Å². The van der Waals surface area contributed by atoms with E-state index in [-0.39, 0.29) is 29.5 Å². The van der Waals surface area contributed by atoms with Crippen molar-refractivity contribution in [3.05, 3.63) is 0 Å². The molecule has 0 aliphatic heterocycles. The fraction of sp³-hybridized carbons (Fsp3) is 1.00. The molecule has 4 heteroatoms. The van der Waals surface area contributed by atoms with Gasteiger partial charge in [-0.1, -0.05) is 0 Å². The van der Waals surface area contributed by atoms with Crippen LogP contribution in [0.15, 0.2) is 0 Å². The molecule has 0 aromatic carbocycles. The summed E-state index contributed by atoms with van der Waals surface area (Å²) in [5, 5.41) is 0. The third-order valence-electron chi connectivity index (χ3n) is 0.167. The molecule has 0 aromatic rings. The zero-order chi connectivity index (χ0) is 3.41. The van der Waals surface area contributed by atoms with Gasteiger partial charge in [0.15, 0.2) is 0 Å². The molecule has 0 rings (SSSR count). The van der Waals surface area contributed by atoms with Crippen LogP contribution in [0.5, 0.6) is 0 Å². The Morgan fingerprint density at radius 3 is 1.17 bits per heavy atom. The maximum absolute atomic E-state index is 4.90. The first-order valence-electron chi connectivity index (χ1n) is 1.32. The maximum Gasteiger partial charge on any atom is 2.00 e. The quantitative estimate of drug-likeness (QED) is 0.382. The van der Waals surface area contributed by atoms with Crippen LogP contribution in [0.3, 0.4) is 0 Å². The average Bonchev–Trinajstić information content (AvgIpc) is 1.37. The molecule has 0 bridgehead atoms. The summed E-state index contributed by atoms with van der Waals surface area (Å²) in [6.45, 7) is 1.19. The number of hydrogen-bond donors (Lipinski definition) is 2. The van der Waals surface area contributed by atoms with Gasteiger partial charge in [0.2, 0.25) is 0 Å². The van der Waals surface area contributed by atoms with E-state index in [1.807, 2.05) is 0 Å². The molecule has 1 radical (unpaired) electrons. The Balaban J connectivity index is -0.0000000450. The van der Waals surface area contributed by atoms with Crippen LogP contribution in [0.1, 0.15) is 0 Å². The first-order chi connectivity index (χ1) is 1.91. The Bertz CT molecular complexity index is 13.5. The van der Waals surface area contributed by atoms with Crippen molar-refractivity contribution in [3.63, 3.8) is 0 Å². The zero-order valence-corrected chi connectivity index (χ0v) is 4.95. The van der Waals surface area contributed by atoms with Gasteiger partial charge in [0.05, 0.1) is 0 Å². The van der Waals surface area contributed by atoms with Crippen molar-refractivity contribution in [1.29, 1.82) is 0 Å². The summed E-state index contributed by atoms with van der Waals surface area (Å²) >= 11 is 0. The summed E-state index contributed by atoms with van der Waals surface area (Å²) < 4.78 is 0. The summed E-state index contributed by atoms with van der Waals surface area (Å²) in [6.07, 6.45) is 0. The molecule has 0 aliphatic rings. The first kappa shape index (κ1) is 15.9. The Morgan fingerprint density at radius 1 is 1.00 bits per heavy atom. The second kappa shape index (κ2) is 17.2. The third-order valence-corrected chi connectivity index (χ3v) is 0.167. The minimum Gasteiger partial charge on any atom is -1.00 e. The van der Waals surface area contributed by atoms with Crippen LogP contribution in [0.2, 0.25) is 0 Å². The standard InChI is InChI=1S/C2H8N2.ClH.Cu/c3-1-2-4;;/h1-4H2;1H;/q;;+2/p-1. The van der Waals surface area contributed by atoms with Gasteiger partial charge in [-0.2, -0.15) is 0 Å². The fourth-order valence-electron chi connectivity index (χ4n) is 0. The third kappa shape index (κ3) is 22.0. The Kier molecular flexibility index (Phi) is 45.5. The average molecular weight is 159 g/mol. The van der Waals surface area contributed by atoms with Crippen molar-refractivity contribution in [2.75, 3.05) is 13.1 Å². The van der Waals surface area contributed by atoms with Gasteiger partial charge in [0.1, 0.15) is 0 Å². The van der Waals surface area contributed by atoms with Crippen molar-refractivity contribution < 1.29 is 29.5 Å². The van der Waals surface area contributed by atoms with E-state index < -0.39 is 0 Å². The first-order valence-corrected chi connectivity index (χ1v) is 1.32. The molecule has 43 valence electrons. The summed E-state index contributed by atoms with van der Waals surface area (Å²) in [5.41, 5.74) is 9.81. The molecule has 2 nitrogen and oxygen atoms in total. The van der Waals surface area contributed by atoms with Gasteiger partial charge in [0.25, 0.3) is 0 Å². The van der Waals surface area contributed by atoms with E-state index in [0.717, 1.165) is 0 Å². The molecule has 0 atom stereocenters. The van der Waals surface area contributed by atoms with Crippen LogP contribution in [0, 0.1) is 0 Å². The molecule has 0 spiro atoms. The second-order valence-electron chi connectivity index (χ2n) is 0.577. The minimum atomic E-state index is 0. The second-order valence-corrected chi connectivity index (χ2v) is 0.577. The van der Waals surface area contributed by atoms with Gasteiger partial charge in [-0.05, 0) is 0 Å². The van der Waals surface area contributed by atoms with E-state index in [1.165, 1.54) is 0 Å². The van der Waals surface area contributed by atoms with Gasteiger partial charge < -0.3 is 23.9 Å². The smallest absolute Gasteiger partial charge is 1.00 e. The predicted octanol–water partition coefficient (Wildman–Crippen LogP) is -4.09. The van der Waals surface area contributed by atoms with Gasteiger partial charge in [-0.15, -0.1) is 0 Å². The molecule has 6 heavy (non-hydrogen) atoms. The number of halogens is 1. The molecule has 4 N–H and O–H groups in total. The molecular formula is C2H8ClCuN2+. The minimum absolute atomic E-state index is 0. The molecule has 0 unspecified atom stereocenters. The largest absolute Gasteiger partial charge is 2.00 e. The van der Waals surface area contributed by atoms with Crippen molar-refractivity contribution in [3.8, 4) is 0 Å². The normalized spacial score (nSPS) is 5.00. The van der Waals surface area contributed by atoms with Crippen LogP contribution in [-0.2, 0) is 17.1 Å². The van der Waals surface area contributed by atoms with Crippen LogP contribution < -0.4 is 23.9 Å². The monoisotopic (exact) mass is 158 g/mol. The van der Waals surface area contributed by atoms with E-state index in [2.05, 4.69) is 0 Å². The zero-order valence-electron chi connectivity index (χ0n) is 3.25. The van der Waals surface area contributed by atoms with Gasteiger partial charge in [-0.25, -0.2) is 0 Å². The van der Waals surface area contributed by atoms with E-state index in [9.17, 15) is 0 Å². The van der Waals surface area contributed by atoms with Crippen molar-refractivity contribution in [1.82, 2.24) is 0 Å². The number of nitrogens with two attached hydrogens (primary N) is 2. The molecule has 0 saturated heterocycles. The summed E-state index contributed by atoms with van der Waals surface area (Å²) in [6, 6.07) is 0. The predicted molar refractivity (Wildman–Crippen MR) is 18.1 cm³/mol. The molecule has 0 fully saturated rings. The van der Waals surface area contributed by atoms with Gasteiger partial charge in [0, 0.05) is 13.1 Å². The SMILES string of the molecule is NCCN.[Cl-].[Cu+2]. The van der Waals surface area contributed by atoms with Gasteiger partial charge in [-0.3, -0.25) is 0 Å². The van der Waals surface area contributed by atoms with Crippen molar-refractivity contribution in [2.24, 2.45) is 11.5 Å². The van der Waals surface area contributed by atoms with Crippen LogP contribution in [0.4, 0.5) is 0 Å². The Morgan fingerprint density at radius 2 is 1.17 bits per heavy atom. The molecule has 0 saturated carbocycles. The molecule has 0 aliphatic carbocycles. The summed E-state index contributed by atoms with van der Waals surface area (Å²) in [5.74, 6) is 0. The summed E-state index contributed by atoms with van der Waals surface area (Å²) in [4.78, 5) is 0. The topological polar surface area (TPSA) is 52.0 Å². The molecule has 0 amide bonds. The molecule has 0 heterocycles. The van der Waals surface area contributed by atoms with E-state index in [1.54, 1.807) is 0 Å². The van der Waals surface area contributed by atoms with E-state index in [4.69, 9.17) is 11.5 Å². The fourth-order valence-corrected chi connectivity index (χ4v) is 0. The van der Waals surface area contributed by atoms with E-state index >= 15 is 0 Å². The van der Waals surface area contributed by atoms with Gasteiger partial charge >= 0.3 is 17.1 Å². The van der Waals surface area contributed by atoms with Crippen LogP contribution in [-0.4, -0.2) is 13.1 Å². The number of rotatable bonds is 1. The van der Waals surface area contributed by atoms with E-state index in [0.29, 0.717) is 13.1 Å². The summed E-state index contributed by atoms with van der Waals surface area (Å²) in [7, 11) is 0. The molecular weight excluding hydrogens is 151 g/mol. The van der Waals surface area contributed by atoms with Crippen LogP contribution in [0.25, 0.3) is 0 Å².